The number of hydrogen-bond acceptors (Lipinski definition) is 4. The van der Waals surface area contributed by atoms with Gasteiger partial charge in [0.15, 0.2) is 0 Å². The van der Waals surface area contributed by atoms with Crippen LogP contribution in [0.1, 0.15) is 22.8 Å². The topological polar surface area (TPSA) is 35.5 Å². The van der Waals surface area contributed by atoms with E-state index < -0.39 is 0 Å². The molecule has 0 bridgehead atoms. The highest BCUT2D eigenvalue weighted by Gasteiger charge is 2.07. The van der Waals surface area contributed by atoms with Crippen molar-refractivity contribution in [1.29, 1.82) is 0 Å². The van der Waals surface area contributed by atoms with Gasteiger partial charge in [0, 0.05) is 9.79 Å². The highest BCUT2D eigenvalue weighted by atomic mass is 32.2. The van der Waals surface area contributed by atoms with Crippen molar-refractivity contribution in [2.45, 2.75) is 23.1 Å². The summed E-state index contributed by atoms with van der Waals surface area (Å²) in [5.74, 6) is 0.592. The van der Waals surface area contributed by atoms with Gasteiger partial charge >= 0.3 is 5.97 Å². The maximum absolute atomic E-state index is 11.4. The molecule has 110 valence electrons. The summed E-state index contributed by atoms with van der Waals surface area (Å²) in [5, 5.41) is 0. The van der Waals surface area contributed by atoms with E-state index in [9.17, 15) is 4.79 Å². The molecular formula is C17H18O3S. The Hall–Kier alpha value is -1.94. The number of hydrogen-bond donors (Lipinski definition) is 0. The van der Waals surface area contributed by atoms with E-state index in [0.717, 1.165) is 22.0 Å². The van der Waals surface area contributed by atoms with Crippen LogP contribution in [0, 0.1) is 0 Å². The van der Waals surface area contributed by atoms with E-state index in [0.29, 0.717) is 5.56 Å². The Balaban J connectivity index is 2.16. The smallest absolute Gasteiger partial charge is 0.337 e. The molecule has 0 heterocycles. The van der Waals surface area contributed by atoms with Crippen LogP contribution in [-0.2, 0) is 11.2 Å². The Morgan fingerprint density at radius 3 is 2.29 bits per heavy atom. The van der Waals surface area contributed by atoms with Crippen LogP contribution in [0.3, 0.4) is 0 Å². The summed E-state index contributed by atoms with van der Waals surface area (Å²) in [7, 11) is 3.07. The molecule has 0 unspecified atom stereocenters. The van der Waals surface area contributed by atoms with Crippen LogP contribution in [0.5, 0.6) is 5.75 Å². The predicted octanol–water partition coefficient (Wildman–Crippen LogP) is 4.20. The fourth-order valence-electron chi connectivity index (χ4n) is 1.99. The van der Waals surface area contributed by atoms with E-state index in [2.05, 4.69) is 23.8 Å². The minimum Gasteiger partial charge on any atom is -0.496 e. The number of methoxy groups -OCH3 is 2. The number of carbonyl (C=O) groups excluding carboxylic acids is 1. The standard InChI is InChI=1S/C17H18O3S/c1-4-12-5-10-15(11-16(12)19-2)21-14-8-6-13(7-9-14)17(18)20-3/h5-11H,4H2,1-3H3. The molecule has 2 aromatic rings. The molecule has 2 aromatic carbocycles. The van der Waals surface area contributed by atoms with Gasteiger partial charge in [0.25, 0.3) is 0 Å². The molecule has 0 N–H and O–H groups in total. The van der Waals surface area contributed by atoms with Gasteiger partial charge in [-0.2, -0.15) is 0 Å². The van der Waals surface area contributed by atoms with Gasteiger partial charge in [0.05, 0.1) is 19.8 Å². The van der Waals surface area contributed by atoms with E-state index >= 15 is 0 Å². The first-order valence-corrected chi connectivity index (χ1v) is 7.52. The lowest BCUT2D eigenvalue weighted by molar-refractivity contribution is 0.0600. The summed E-state index contributed by atoms with van der Waals surface area (Å²) in [5.41, 5.74) is 1.75. The molecule has 21 heavy (non-hydrogen) atoms. The molecule has 0 aliphatic heterocycles. The van der Waals surface area contributed by atoms with Crippen LogP contribution >= 0.6 is 11.8 Å². The summed E-state index contributed by atoms with van der Waals surface area (Å²) in [6.45, 7) is 2.11. The summed E-state index contributed by atoms with van der Waals surface area (Å²) in [6, 6.07) is 13.6. The number of ether oxygens (including phenoxy) is 2. The van der Waals surface area contributed by atoms with Crippen LogP contribution in [-0.4, -0.2) is 20.2 Å². The zero-order valence-corrected chi connectivity index (χ0v) is 13.2. The predicted molar refractivity (Wildman–Crippen MR) is 84.3 cm³/mol. The van der Waals surface area contributed by atoms with Gasteiger partial charge in [-0.25, -0.2) is 4.79 Å². The SMILES string of the molecule is CCc1ccc(Sc2ccc(C(=O)OC)cc2)cc1OC. The van der Waals surface area contributed by atoms with Crippen LogP contribution < -0.4 is 4.74 Å². The Morgan fingerprint density at radius 2 is 1.71 bits per heavy atom. The average Bonchev–Trinajstić information content (AvgIpc) is 2.54. The maximum Gasteiger partial charge on any atom is 0.337 e. The third-order valence-corrected chi connectivity index (χ3v) is 4.15. The van der Waals surface area contributed by atoms with E-state index in [1.165, 1.54) is 12.7 Å². The molecule has 4 heteroatoms. The number of rotatable bonds is 5. The molecule has 2 rings (SSSR count). The molecule has 0 aromatic heterocycles. The average molecular weight is 302 g/mol. The molecular weight excluding hydrogens is 284 g/mol. The van der Waals surface area contributed by atoms with Gasteiger partial charge in [-0.05, 0) is 48.4 Å². The molecule has 0 fully saturated rings. The van der Waals surface area contributed by atoms with Crippen molar-refractivity contribution >= 4 is 17.7 Å². The van der Waals surface area contributed by atoms with Crippen LogP contribution in [0.25, 0.3) is 0 Å². The molecule has 0 radical (unpaired) electrons. The van der Waals surface area contributed by atoms with Gasteiger partial charge < -0.3 is 9.47 Å². The lowest BCUT2D eigenvalue weighted by atomic mass is 10.1. The van der Waals surface area contributed by atoms with E-state index in [1.54, 1.807) is 31.0 Å². The third kappa shape index (κ3) is 3.79. The zero-order valence-electron chi connectivity index (χ0n) is 12.4. The normalized spacial score (nSPS) is 10.2. The molecule has 0 aliphatic rings. The first-order chi connectivity index (χ1) is 10.2. The second kappa shape index (κ2) is 7.18. The molecule has 0 saturated heterocycles. The maximum atomic E-state index is 11.4. The third-order valence-electron chi connectivity index (χ3n) is 3.15. The second-order valence-corrected chi connectivity index (χ2v) is 5.59. The number of esters is 1. The van der Waals surface area contributed by atoms with Crippen molar-refractivity contribution in [3.8, 4) is 5.75 Å². The summed E-state index contributed by atoms with van der Waals surface area (Å²) in [4.78, 5) is 13.6. The fraction of sp³-hybridized carbons (Fsp3) is 0.235. The molecule has 0 spiro atoms. The fourth-order valence-corrected chi connectivity index (χ4v) is 2.84. The van der Waals surface area contributed by atoms with Gasteiger partial charge in [-0.3, -0.25) is 0 Å². The second-order valence-electron chi connectivity index (χ2n) is 4.45. The minimum absolute atomic E-state index is 0.319. The summed E-state index contributed by atoms with van der Waals surface area (Å²) in [6.07, 6.45) is 0.946. The van der Waals surface area contributed by atoms with Gasteiger partial charge in [-0.15, -0.1) is 0 Å². The first kappa shape index (κ1) is 15.4. The van der Waals surface area contributed by atoms with Crippen molar-refractivity contribution < 1.29 is 14.3 Å². The lowest BCUT2D eigenvalue weighted by Gasteiger charge is -2.09. The molecule has 0 saturated carbocycles. The highest BCUT2D eigenvalue weighted by Crippen LogP contribution is 2.32. The monoisotopic (exact) mass is 302 g/mol. The quantitative estimate of drug-likeness (QED) is 0.776. The van der Waals surface area contributed by atoms with Gasteiger partial charge in [0.2, 0.25) is 0 Å². The van der Waals surface area contributed by atoms with Crippen molar-refractivity contribution in [2.75, 3.05) is 14.2 Å². The van der Waals surface area contributed by atoms with Crippen molar-refractivity contribution in [3.63, 3.8) is 0 Å². The van der Waals surface area contributed by atoms with Crippen molar-refractivity contribution in [2.24, 2.45) is 0 Å². The molecule has 0 atom stereocenters. The van der Waals surface area contributed by atoms with Crippen molar-refractivity contribution in [3.05, 3.63) is 53.6 Å². The summed E-state index contributed by atoms with van der Waals surface area (Å²) < 4.78 is 10.1. The van der Waals surface area contributed by atoms with E-state index in [-0.39, 0.29) is 5.97 Å². The van der Waals surface area contributed by atoms with Crippen molar-refractivity contribution in [1.82, 2.24) is 0 Å². The Bertz CT molecular complexity index is 620. The molecule has 0 aliphatic carbocycles. The Kier molecular flexibility index (Phi) is 5.28. The zero-order chi connectivity index (χ0) is 15.2. The van der Waals surface area contributed by atoms with E-state index in [1.807, 2.05) is 18.2 Å². The van der Waals surface area contributed by atoms with Crippen LogP contribution in [0.15, 0.2) is 52.3 Å². The molecule has 3 nitrogen and oxygen atoms in total. The van der Waals surface area contributed by atoms with Crippen LogP contribution in [0.4, 0.5) is 0 Å². The summed E-state index contributed by atoms with van der Waals surface area (Å²) >= 11 is 1.63. The lowest BCUT2D eigenvalue weighted by Crippen LogP contribution is -2.00. The largest absolute Gasteiger partial charge is 0.496 e. The van der Waals surface area contributed by atoms with Gasteiger partial charge in [-0.1, -0.05) is 24.8 Å². The number of benzene rings is 2. The van der Waals surface area contributed by atoms with Crippen LogP contribution in [0.2, 0.25) is 0 Å². The van der Waals surface area contributed by atoms with Gasteiger partial charge in [0.1, 0.15) is 5.75 Å². The number of aryl methyl sites for hydroxylation is 1. The minimum atomic E-state index is -0.319. The molecule has 0 amide bonds. The Morgan fingerprint density at radius 1 is 1.05 bits per heavy atom. The highest BCUT2D eigenvalue weighted by molar-refractivity contribution is 7.99. The van der Waals surface area contributed by atoms with E-state index in [4.69, 9.17) is 4.74 Å². The number of carbonyl (C=O) groups is 1. The first-order valence-electron chi connectivity index (χ1n) is 6.71. The Labute approximate surface area is 129 Å².